The first kappa shape index (κ1) is 8.43. The summed E-state index contributed by atoms with van der Waals surface area (Å²) < 4.78 is 0.785. The maximum Gasteiger partial charge on any atom is 0.111 e. The molecular formula is C8H9BrN2. The van der Waals surface area contributed by atoms with E-state index < -0.39 is 0 Å². The minimum Gasteiger partial charge on any atom is -0.321 e. The summed E-state index contributed by atoms with van der Waals surface area (Å²) in [6.07, 6.45) is 3.39. The number of rotatable bonds is 2. The van der Waals surface area contributed by atoms with Gasteiger partial charge in [0.2, 0.25) is 0 Å². The average Bonchev–Trinajstić information content (AvgIpc) is 2.04. The van der Waals surface area contributed by atoms with Crippen molar-refractivity contribution in [3.05, 3.63) is 41.2 Å². The molecule has 0 radical (unpaired) electrons. The molecule has 58 valence electrons. The Kier molecular flexibility index (Phi) is 2.79. The van der Waals surface area contributed by atoms with Crippen molar-refractivity contribution in [3.63, 3.8) is 0 Å². The maximum absolute atomic E-state index is 5.71. The molecule has 11 heavy (non-hydrogen) atoms. The highest BCUT2D eigenvalue weighted by atomic mass is 79.9. The minimum absolute atomic E-state index is 0.141. The van der Waals surface area contributed by atoms with Crippen LogP contribution in [0.5, 0.6) is 0 Å². The second-order valence-electron chi connectivity index (χ2n) is 2.14. The first-order valence-corrected chi connectivity index (χ1v) is 4.03. The normalized spacial score (nSPS) is 12.5. The highest BCUT2D eigenvalue weighted by Gasteiger charge is 2.04. The van der Waals surface area contributed by atoms with Crippen LogP contribution in [0.3, 0.4) is 0 Å². The van der Waals surface area contributed by atoms with Crippen LogP contribution < -0.4 is 5.73 Å². The largest absolute Gasteiger partial charge is 0.321 e. The second-order valence-corrected chi connectivity index (χ2v) is 2.90. The van der Waals surface area contributed by atoms with Crippen LogP contribution in [0.1, 0.15) is 11.6 Å². The Balaban J connectivity index is 3.02. The number of nitrogens with two attached hydrogens (primary N) is 1. The van der Waals surface area contributed by atoms with Gasteiger partial charge in [0.05, 0.1) is 6.04 Å². The zero-order valence-electron chi connectivity index (χ0n) is 6.00. The summed E-state index contributed by atoms with van der Waals surface area (Å²) in [5, 5.41) is 0. The fraction of sp³-hybridized carbons (Fsp3) is 0.125. The van der Waals surface area contributed by atoms with Crippen LogP contribution in [-0.4, -0.2) is 4.98 Å². The molecule has 1 aromatic heterocycles. The molecule has 0 fully saturated rings. The van der Waals surface area contributed by atoms with Gasteiger partial charge in [0, 0.05) is 11.8 Å². The molecule has 2 N–H and O–H groups in total. The fourth-order valence-electron chi connectivity index (χ4n) is 0.774. The van der Waals surface area contributed by atoms with Gasteiger partial charge >= 0.3 is 0 Å². The van der Waals surface area contributed by atoms with Crippen LogP contribution in [0.15, 0.2) is 35.6 Å². The Morgan fingerprint density at radius 2 is 2.45 bits per heavy atom. The van der Waals surface area contributed by atoms with Crippen molar-refractivity contribution < 1.29 is 0 Å². The van der Waals surface area contributed by atoms with Crippen LogP contribution >= 0.6 is 15.9 Å². The molecule has 1 unspecified atom stereocenters. The summed E-state index contributed by atoms with van der Waals surface area (Å²) >= 11 is 3.30. The number of aromatic nitrogens is 1. The zero-order valence-corrected chi connectivity index (χ0v) is 7.58. The van der Waals surface area contributed by atoms with E-state index in [1.54, 1.807) is 12.3 Å². The molecule has 1 heterocycles. The second kappa shape index (κ2) is 3.64. The third kappa shape index (κ3) is 1.88. The van der Waals surface area contributed by atoms with E-state index in [0.29, 0.717) is 0 Å². The predicted octanol–water partition coefficient (Wildman–Crippen LogP) is 2.03. The van der Waals surface area contributed by atoms with Crippen LogP contribution in [0.4, 0.5) is 0 Å². The van der Waals surface area contributed by atoms with E-state index in [2.05, 4.69) is 27.5 Å². The highest BCUT2D eigenvalue weighted by molar-refractivity contribution is 9.10. The van der Waals surface area contributed by atoms with Crippen molar-refractivity contribution in [2.45, 2.75) is 6.04 Å². The number of hydrogen-bond acceptors (Lipinski definition) is 2. The number of nitrogens with zero attached hydrogens (tertiary/aromatic N) is 1. The Labute approximate surface area is 74.3 Å². The van der Waals surface area contributed by atoms with Crippen molar-refractivity contribution >= 4 is 15.9 Å². The molecular weight excluding hydrogens is 204 g/mol. The van der Waals surface area contributed by atoms with E-state index in [-0.39, 0.29) is 6.04 Å². The minimum atomic E-state index is -0.141. The van der Waals surface area contributed by atoms with Gasteiger partial charge < -0.3 is 5.73 Å². The van der Waals surface area contributed by atoms with Crippen LogP contribution in [-0.2, 0) is 0 Å². The van der Waals surface area contributed by atoms with Gasteiger partial charge in [0.25, 0.3) is 0 Å². The number of halogens is 1. The maximum atomic E-state index is 5.71. The lowest BCUT2D eigenvalue weighted by Crippen LogP contribution is -2.07. The first-order chi connectivity index (χ1) is 5.25. The molecule has 3 heteroatoms. The van der Waals surface area contributed by atoms with Gasteiger partial charge in [-0.3, -0.25) is 0 Å². The summed E-state index contributed by atoms with van der Waals surface area (Å²) in [6.45, 7) is 3.60. The Hall–Kier alpha value is -0.670. The first-order valence-electron chi connectivity index (χ1n) is 3.24. The van der Waals surface area contributed by atoms with Crippen LogP contribution in [0.2, 0.25) is 0 Å². The summed E-state index contributed by atoms with van der Waals surface area (Å²) in [7, 11) is 0. The van der Waals surface area contributed by atoms with Crippen molar-refractivity contribution in [1.29, 1.82) is 0 Å². The molecule has 1 rings (SSSR count). The third-order valence-electron chi connectivity index (χ3n) is 1.40. The summed E-state index contributed by atoms with van der Waals surface area (Å²) in [5.41, 5.74) is 6.67. The SMILES string of the molecule is C=CC(N)c1cccnc1Br. The summed E-state index contributed by atoms with van der Waals surface area (Å²) in [4.78, 5) is 4.04. The molecule has 0 saturated heterocycles. The van der Waals surface area contributed by atoms with E-state index in [9.17, 15) is 0 Å². The molecule has 1 atom stereocenters. The smallest absolute Gasteiger partial charge is 0.111 e. The predicted molar refractivity (Wildman–Crippen MR) is 49.1 cm³/mol. The van der Waals surface area contributed by atoms with Gasteiger partial charge in [-0.25, -0.2) is 4.98 Å². The van der Waals surface area contributed by atoms with Crippen molar-refractivity contribution in [2.75, 3.05) is 0 Å². The Bertz CT molecular complexity index is 260. The Morgan fingerprint density at radius 3 is 3.00 bits per heavy atom. The van der Waals surface area contributed by atoms with E-state index in [0.717, 1.165) is 10.2 Å². The van der Waals surface area contributed by atoms with Gasteiger partial charge in [-0.15, -0.1) is 6.58 Å². The quantitative estimate of drug-likeness (QED) is 0.603. The molecule has 0 aromatic carbocycles. The highest BCUT2D eigenvalue weighted by Crippen LogP contribution is 2.19. The molecule has 0 aliphatic rings. The molecule has 0 saturated carbocycles. The monoisotopic (exact) mass is 212 g/mol. The average molecular weight is 213 g/mol. The number of hydrogen-bond donors (Lipinski definition) is 1. The van der Waals surface area contributed by atoms with Gasteiger partial charge in [0.15, 0.2) is 0 Å². The van der Waals surface area contributed by atoms with Crippen molar-refractivity contribution in [2.24, 2.45) is 5.73 Å². The molecule has 0 bridgehead atoms. The van der Waals surface area contributed by atoms with Crippen LogP contribution in [0.25, 0.3) is 0 Å². The van der Waals surface area contributed by atoms with Crippen molar-refractivity contribution in [1.82, 2.24) is 4.98 Å². The molecule has 0 aliphatic heterocycles. The lowest BCUT2D eigenvalue weighted by atomic mass is 10.1. The van der Waals surface area contributed by atoms with Crippen LogP contribution in [0, 0.1) is 0 Å². The molecule has 0 spiro atoms. The van der Waals surface area contributed by atoms with Crippen molar-refractivity contribution in [3.8, 4) is 0 Å². The molecule has 0 aliphatic carbocycles. The van der Waals surface area contributed by atoms with E-state index in [1.165, 1.54) is 0 Å². The fourth-order valence-corrected chi connectivity index (χ4v) is 1.29. The molecule has 1 aromatic rings. The van der Waals surface area contributed by atoms with E-state index in [4.69, 9.17) is 5.73 Å². The van der Waals surface area contributed by atoms with Gasteiger partial charge in [-0.2, -0.15) is 0 Å². The lowest BCUT2D eigenvalue weighted by molar-refractivity contribution is 0.893. The standard InChI is InChI=1S/C8H9BrN2/c1-2-7(10)6-4-3-5-11-8(6)9/h2-5,7H,1,10H2. The summed E-state index contributed by atoms with van der Waals surface area (Å²) in [5.74, 6) is 0. The third-order valence-corrected chi connectivity index (χ3v) is 2.06. The number of pyridine rings is 1. The lowest BCUT2D eigenvalue weighted by Gasteiger charge is -2.06. The Morgan fingerprint density at radius 1 is 1.73 bits per heavy atom. The van der Waals surface area contributed by atoms with Gasteiger partial charge in [0.1, 0.15) is 4.60 Å². The summed E-state index contributed by atoms with van der Waals surface area (Å²) in [6, 6.07) is 3.63. The van der Waals surface area contributed by atoms with Gasteiger partial charge in [-0.1, -0.05) is 12.1 Å². The molecule has 2 nitrogen and oxygen atoms in total. The molecule has 0 amide bonds. The van der Waals surface area contributed by atoms with E-state index in [1.807, 2.05) is 12.1 Å². The van der Waals surface area contributed by atoms with Gasteiger partial charge in [-0.05, 0) is 22.0 Å². The van der Waals surface area contributed by atoms with E-state index >= 15 is 0 Å². The topological polar surface area (TPSA) is 38.9 Å². The zero-order chi connectivity index (χ0) is 8.27.